The molecule has 2 nitrogen and oxygen atoms in total. The maximum Gasteiger partial charge on any atom is 0.419 e. The van der Waals surface area contributed by atoms with Crippen molar-refractivity contribution < 1.29 is 31.1 Å². The summed E-state index contributed by atoms with van der Waals surface area (Å²) >= 11 is 0. The summed E-state index contributed by atoms with van der Waals surface area (Å²) in [5.41, 5.74) is -0.683. The molecule has 0 aliphatic carbocycles. The zero-order valence-corrected chi connectivity index (χ0v) is 13.3. The van der Waals surface area contributed by atoms with Crippen LogP contribution in [-0.2, 0) is 6.18 Å². The minimum Gasteiger partial charge on any atom is -0.457 e. The minimum atomic E-state index is -4.56. The lowest BCUT2D eigenvalue weighted by Gasteiger charge is -2.13. The summed E-state index contributed by atoms with van der Waals surface area (Å²) in [5, 5.41) is 7.73. The number of nitrogens with one attached hydrogen (secondary N) is 1. The van der Waals surface area contributed by atoms with E-state index in [9.17, 15) is 26.3 Å². The third kappa shape index (κ3) is 5.79. The standard InChI is InChI=1S/C18H14F6NO/c19-17(20,21)11-3-5-15(25)12-7-9-13(10-8-12)26-16-6-2-1-4-14(16)18(22,23)24/h1-2,4-10,25H,3,11H2. The van der Waals surface area contributed by atoms with Gasteiger partial charge in [0.25, 0.3) is 0 Å². The number of ether oxygens (including phenoxy) is 1. The van der Waals surface area contributed by atoms with Crippen LogP contribution >= 0.6 is 0 Å². The van der Waals surface area contributed by atoms with Gasteiger partial charge in [0.1, 0.15) is 11.5 Å². The fraction of sp³-hybridized carbons (Fsp3) is 0.222. The molecule has 139 valence electrons. The summed E-state index contributed by atoms with van der Waals surface area (Å²) in [7, 11) is 0. The number of hydrogen-bond acceptors (Lipinski definition) is 2. The Balaban J connectivity index is 2.03. The molecule has 0 aliphatic rings. The van der Waals surface area contributed by atoms with Crippen LogP contribution < -0.4 is 4.74 Å². The van der Waals surface area contributed by atoms with E-state index in [4.69, 9.17) is 10.1 Å². The van der Waals surface area contributed by atoms with Crippen molar-refractivity contribution in [2.45, 2.75) is 25.2 Å². The highest BCUT2D eigenvalue weighted by atomic mass is 19.4. The summed E-state index contributed by atoms with van der Waals surface area (Å²) in [6.07, 6.45) is -9.06. The Morgan fingerprint density at radius 1 is 0.923 bits per heavy atom. The molecule has 8 heteroatoms. The zero-order chi connectivity index (χ0) is 19.4. The molecular weight excluding hydrogens is 360 g/mol. The van der Waals surface area contributed by atoms with E-state index >= 15 is 0 Å². The van der Waals surface area contributed by atoms with Gasteiger partial charge in [-0.25, -0.2) is 0 Å². The summed E-state index contributed by atoms with van der Waals surface area (Å²) in [5.74, 6) is -0.242. The van der Waals surface area contributed by atoms with E-state index in [0.29, 0.717) is 5.56 Å². The van der Waals surface area contributed by atoms with Crippen molar-refractivity contribution in [2.24, 2.45) is 0 Å². The van der Waals surface area contributed by atoms with E-state index in [1.807, 2.05) is 0 Å². The summed E-state index contributed by atoms with van der Waals surface area (Å²) in [6, 6.07) is 10.2. The van der Waals surface area contributed by atoms with Gasteiger partial charge in [-0.05, 0) is 48.4 Å². The maximum atomic E-state index is 12.9. The molecule has 0 bridgehead atoms. The molecule has 0 heterocycles. The summed E-state index contributed by atoms with van der Waals surface area (Å²) in [6.45, 7) is 0. The Hall–Kier alpha value is -2.51. The monoisotopic (exact) mass is 374 g/mol. The highest BCUT2D eigenvalue weighted by Gasteiger charge is 2.34. The Labute approximate surface area is 145 Å². The Kier molecular flexibility index (Phi) is 5.94. The molecule has 0 saturated heterocycles. The first-order valence-corrected chi connectivity index (χ1v) is 7.49. The van der Waals surface area contributed by atoms with Crippen LogP contribution in [0.2, 0.25) is 0 Å². The molecule has 1 N–H and O–H groups in total. The SMILES string of the molecule is N=C([CH]CCC(F)(F)F)c1ccc(Oc2ccccc2C(F)(F)F)cc1. The van der Waals surface area contributed by atoms with E-state index in [1.54, 1.807) is 0 Å². The first-order chi connectivity index (χ1) is 12.1. The summed E-state index contributed by atoms with van der Waals surface area (Å²) < 4.78 is 80.3. The van der Waals surface area contributed by atoms with Crippen molar-refractivity contribution in [1.82, 2.24) is 0 Å². The Morgan fingerprint density at radius 3 is 2.12 bits per heavy atom. The first-order valence-electron chi connectivity index (χ1n) is 7.49. The molecule has 0 amide bonds. The number of para-hydroxylation sites is 1. The molecule has 2 aromatic carbocycles. The van der Waals surface area contributed by atoms with E-state index in [2.05, 4.69) is 0 Å². The quantitative estimate of drug-likeness (QED) is 0.460. The lowest BCUT2D eigenvalue weighted by molar-refractivity contribution is -0.138. The van der Waals surface area contributed by atoms with Gasteiger partial charge < -0.3 is 10.1 Å². The van der Waals surface area contributed by atoms with E-state index < -0.39 is 24.3 Å². The predicted molar refractivity (Wildman–Crippen MR) is 84.4 cm³/mol. The third-order valence-corrected chi connectivity index (χ3v) is 3.36. The maximum absolute atomic E-state index is 12.9. The van der Waals surface area contributed by atoms with E-state index in [-0.39, 0.29) is 23.6 Å². The molecule has 26 heavy (non-hydrogen) atoms. The van der Waals surface area contributed by atoms with Gasteiger partial charge in [0.2, 0.25) is 0 Å². The lowest BCUT2D eigenvalue weighted by Crippen LogP contribution is -2.09. The first kappa shape index (κ1) is 19.8. The number of halogens is 6. The third-order valence-electron chi connectivity index (χ3n) is 3.36. The highest BCUT2D eigenvalue weighted by Crippen LogP contribution is 2.37. The smallest absolute Gasteiger partial charge is 0.419 e. The predicted octanol–water partition coefficient (Wildman–Crippen LogP) is 6.41. The molecule has 0 saturated carbocycles. The van der Waals surface area contributed by atoms with Crippen LogP contribution in [0.1, 0.15) is 24.0 Å². The number of alkyl halides is 6. The average molecular weight is 374 g/mol. The molecule has 1 radical (unpaired) electrons. The molecule has 0 aliphatic heterocycles. The summed E-state index contributed by atoms with van der Waals surface area (Å²) in [4.78, 5) is 0. The van der Waals surface area contributed by atoms with E-state index in [0.717, 1.165) is 12.5 Å². The van der Waals surface area contributed by atoms with Gasteiger partial charge in [0.05, 0.1) is 5.56 Å². The largest absolute Gasteiger partial charge is 0.457 e. The van der Waals surface area contributed by atoms with Crippen molar-refractivity contribution in [3.63, 3.8) is 0 Å². The fourth-order valence-corrected chi connectivity index (χ4v) is 2.12. The van der Waals surface area contributed by atoms with Gasteiger partial charge >= 0.3 is 12.4 Å². The Bertz CT molecular complexity index is 750. The molecule has 0 spiro atoms. The number of hydrogen-bond donors (Lipinski definition) is 1. The molecule has 0 unspecified atom stereocenters. The molecule has 2 aromatic rings. The van der Waals surface area contributed by atoms with Gasteiger partial charge in [0.15, 0.2) is 0 Å². The van der Waals surface area contributed by atoms with Crippen LogP contribution in [0.3, 0.4) is 0 Å². The second-order valence-corrected chi connectivity index (χ2v) is 5.39. The fourth-order valence-electron chi connectivity index (χ4n) is 2.12. The number of rotatable bonds is 6. The average Bonchev–Trinajstić information content (AvgIpc) is 2.54. The Morgan fingerprint density at radius 2 is 1.54 bits per heavy atom. The van der Waals surface area contributed by atoms with Crippen LogP contribution in [0.25, 0.3) is 0 Å². The van der Waals surface area contributed by atoms with Crippen molar-refractivity contribution in [3.05, 3.63) is 66.1 Å². The molecule has 0 aromatic heterocycles. The minimum absolute atomic E-state index is 0.100. The molecule has 0 atom stereocenters. The second-order valence-electron chi connectivity index (χ2n) is 5.39. The topological polar surface area (TPSA) is 33.1 Å². The van der Waals surface area contributed by atoms with Crippen molar-refractivity contribution in [2.75, 3.05) is 0 Å². The molecular formula is C18H14F6NO. The molecule has 0 fully saturated rings. The van der Waals surface area contributed by atoms with Crippen molar-refractivity contribution >= 4 is 5.71 Å². The van der Waals surface area contributed by atoms with Gasteiger partial charge in [0, 0.05) is 18.6 Å². The van der Waals surface area contributed by atoms with E-state index in [1.165, 1.54) is 42.5 Å². The van der Waals surface area contributed by atoms with Crippen LogP contribution in [0.5, 0.6) is 11.5 Å². The van der Waals surface area contributed by atoms with Gasteiger partial charge in [-0.2, -0.15) is 26.3 Å². The van der Waals surface area contributed by atoms with Crippen molar-refractivity contribution in [3.8, 4) is 11.5 Å². The normalized spacial score (nSPS) is 12.1. The van der Waals surface area contributed by atoms with Crippen LogP contribution in [0.4, 0.5) is 26.3 Å². The number of benzene rings is 2. The second kappa shape index (κ2) is 7.80. The van der Waals surface area contributed by atoms with Crippen LogP contribution in [0, 0.1) is 11.8 Å². The molecule has 2 rings (SSSR count). The van der Waals surface area contributed by atoms with Crippen LogP contribution in [0.15, 0.2) is 48.5 Å². The van der Waals surface area contributed by atoms with Gasteiger partial charge in [-0.15, -0.1) is 0 Å². The van der Waals surface area contributed by atoms with Crippen LogP contribution in [-0.4, -0.2) is 11.9 Å². The highest BCUT2D eigenvalue weighted by molar-refractivity contribution is 6.04. The van der Waals surface area contributed by atoms with Gasteiger partial charge in [-0.3, -0.25) is 0 Å². The van der Waals surface area contributed by atoms with Gasteiger partial charge in [-0.1, -0.05) is 12.1 Å². The zero-order valence-electron chi connectivity index (χ0n) is 13.3. The van der Waals surface area contributed by atoms with Crippen molar-refractivity contribution in [1.29, 1.82) is 5.41 Å². The lowest BCUT2D eigenvalue weighted by atomic mass is 10.0.